The first kappa shape index (κ1) is 15.0. The molecular formula is C11H15BrClNO2S. The maximum absolute atomic E-state index is 12.3. The monoisotopic (exact) mass is 339 g/mol. The molecular weight excluding hydrogens is 326 g/mol. The van der Waals surface area contributed by atoms with Gasteiger partial charge in [-0.2, -0.15) is 4.31 Å². The normalized spacial score (nSPS) is 12.1. The van der Waals surface area contributed by atoms with Crippen LogP contribution in [0.25, 0.3) is 0 Å². The van der Waals surface area contributed by atoms with Crippen LogP contribution in [0, 0.1) is 0 Å². The van der Waals surface area contributed by atoms with Crippen LogP contribution in [0.3, 0.4) is 0 Å². The minimum Gasteiger partial charge on any atom is -0.207 e. The van der Waals surface area contributed by atoms with Crippen LogP contribution < -0.4 is 0 Å². The summed E-state index contributed by atoms with van der Waals surface area (Å²) in [5.74, 6) is 0. The highest BCUT2D eigenvalue weighted by Crippen LogP contribution is 2.27. The average molecular weight is 341 g/mol. The van der Waals surface area contributed by atoms with E-state index in [1.807, 2.05) is 13.8 Å². The first-order valence-electron chi connectivity index (χ1n) is 5.38. The molecule has 0 aliphatic rings. The Kier molecular flexibility index (Phi) is 5.44. The van der Waals surface area contributed by atoms with Gasteiger partial charge in [-0.3, -0.25) is 0 Å². The number of rotatable bonds is 5. The first-order valence-corrected chi connectivity index (χ1v) is 7.99. The molecule has 96 valence electrons. The Hall–Kier alpha value is -0.100. The third kappa shape index (κ3) is 3.44. The van der Waals surface area contributed by atoms with Crippen molar-refractivity contribution in [1.82, 2.24) is 4.31 Å². The Morgan fingerprint density at radius 2 is 2.00 bits per heavy atom. The summed E-state index contributed by atoms with van der Waals surface area (Å²) in [4.78, 5) is 0.165. The molecule has 0 aliphatic heterocycles. The van der Waals surface area contributed by atoms with Crippen molar-refractivity contribution in [1.29, 1.82) is 0 Å². The number of sulfonamides is 1. The molecule has 0 heterocycles. The van der Waals surface area contributed by atoms with Crippen molar-refractivity contribution in [2.75, 3.05) is 13.1 Å². The molecule has 0 saturated heterocycles. The molecule has 0 radical (unpaired) electrons. The summed E-state index contributed by atoms with van der Waals surface area (Å²) in [6, 6.07) is 4.80. The number of halogens is 2. The average Bonchev–Trinajstić information content (AvgIpc) is 2.24. The molecule has 0 unspecified atom stereocenters. The summed E-state index contributed by atoms with van der Waals surface area (Å²) in [5.41, 5.74) is 0. The maximum atomic E-state index is 12.3. The fraction of sp³-hybridized carbons (Fsp3) is 0.455. The summed E-state index contributed by atoms with van der Waals surface area (Å²) < 4.78 is 26.8. The zero-order chi connectivity index (χ0) is 13.1. The number of hydrogen-bond acceptors (Lipinski definition) is 2. The van der Waals surface area contributed by atoms with Crippen LogP contribution in [0.15, 0.2) is 27.6 Å². The second-order valence-corrected chi connectivity index (χ2v) is 6.80. The van der Waals surface area contributed by atoms with E-state index < -0.39 is 10.0 Å². The highest BCUT2D eigenvalue weighted by molar-refractivity contribution is 9.10. The second-order valence-electron chi connectivity index (χ2n) is 3.57. The first-order chi connectivity index (χ1) is 7.93. The lowest BCUT2D eigenvalue weighted by atomic mass is 10.4. The van der Waals surface area contributed by atoms with Crippen molar-refractivity contribution in [2.24, 2.45) is 0 Å². The van der Waals surface area contributed by atoms with E-state index in [2.05, 4.69) is 15.9 Å². The van der Waals surface area contributed by atoms with Crippen molar-refractivity contribution < 1.29 is 8.42 Å². The lowest BCUT2D eigenvalue weighted by Crippen LogP contribution is -2.31. The quantitative estimate of drug-likeness (QED) is 0.822. The topological polar surface area (TPSA) is 37.4 Å². The van der Waals surface area contributed by atoms with Gasteiger partial charge >= 0.3 is 0 Å². The van der Waals surface area contributed by atoms with E-state index in [1.165, 1.54) is 10.4 Å². The van der Waals surface area contributed by atoms with Gasteiger partial charge in [0.2, 0.25) is 10.0 Å². The lowest BCUT2D eigenvalue weighted by Gasteiger charge is -2.20. The molecule has 1 aromatic carbocycles. The van der Waals surface area contributed by atoms with Crippen molar-refractivity contribution >= 4 is 37.6 Å². The summed E-state index contributed by atoms with van der Waals surface area (Å²) >= 11 is 9.23. The Morgan fingerprint density at radius 1 is 1.35 bits per heavy atom. The lowest BCUT2D eigenvalue weighted by molar-refractivity contribution is 0.427. The Bertz CT molecular complexity index is 490. The number of nitrogens with zero attached hydrogens (tertiary/aromatic N) is 1. The predicted octanol–water partition coefficient (Wildman–Crippen LogP) is 3.52. The van der Waals surface area contributed by atoms with Gasteiger partial charge in [0.05, 0.1) is 5.02 Å². The van der Waals surface area contributed by atoms with E-state index in [0.29, 0.717) is 13.1 Å². The highest BCUT2D eigenvalue weighted by Gasteiger charge is 2.24. The molecule has 0 N–H and O–H groups in total. The van der Waals surface area contributed by atoms with E-state index in [9.17, 15) is 8.42 Å². The molecule has 0 fully saturated rings. The Labute approximate surface area is 116 Å². The molecule has 0 saturated carbocycles. The van der Waals surface area contributed by atoms with E-state index >= 15 is 0 Å². The van der Waals surface area contributed by atoms with Crippen molar-refractivity contribution in [3.8, 4) is 0 Å². The van der Waals surface area contributed by atoms with Crippen molar-refractivity contribution in [2.45, 2.75) is 25.2 Å². The van der Waals surface area contributed by atoms with E-state index in [-0.39, 0.29) is 9.92 Å². The van der Waals surface area contributed by atoms with Crippen molar-refractivity contribution in [3.05, 3.63) is 27.7 Å². The van der Waals surface area contributed by atoms with Gasteiger partial charge in [-0.15, -0.1) is 0 Å². The third-order valence-corrected chi connectivity index (χ3v) is 5.29. The molecule has 0 amide bonds. The minimum atomic E-state index is -3.48. The summed E-state index contributed by atoms with van der Waals surface area (Å²) in [6.07, 6.45) is 0.779. The van der Waals surface area contributed by atoms with E-state index in [1.54, 1.807) is 12.1 Å². The zero-order valence-corrected chi connectivity index (χ0v) is 12.9. The van der Waals surface area contributed by atoms with Crippen LogP contribution in [-0.4, -0.2) is 25.8 Å². The Morgan fingerprint density at radius 3 is 2.47 bits per heavy atom. The summed E-state index contributed by atoms with van der Waals surface area (Å²) in [6.45, 7) is 4.72. The third-order valence-electron chi connectivity index (χ3n) is 2.34. The van der Waals surface area contributed by atoms with Crippen LogP contribution in [0.1, 0.15) is 20.3 Å². The molecule has 1 aromatic rings. The van der Waals surface area contributed by atoms with Crippen LogP contribution in [0.5, 0.6) is 0 Å². The molecule has 3 nitrogen and oxygen atoms in total. The smallest absolute Gasteiger partial charge is 0.207 e. The van der Waals surface area contributed by atoms with Crippen LogP contribution >= 0.6 is 27.5 Å². The van der Waals surface area contributed by atoms with Crippen LogP contribution in [0.4, 0.5) is 0 Å². The second kappa shape index (κ2) is 6.18. The molecule has 0 spiro atoms. The molecule has 0 aliphatic carbocycles. The SMILES string of the molecule is CCCN(CC)S(=O)(=O)c1ccc(Br)cc1Cl. The molecule has 17 heavy (non-hydrogen) atoms. The number of benzene rings is 1. The maximum Gasteiger partial charge on any atom is 0.244 e. The van der Waals surface area contributed by atoms with Gasteiger partial charge in [-0.25, -0.2) is 8.42 Å². The molecule has 1 rings (SSSR count). The fourth-order valence-electron chi connectivity index (χ4n) is 1.52. The zero-order valence-electron chi connectivity index (χ0n) is 9.78. The van der Waals surface area contributed by atoms with E-state index in [4.69, 9.17) is 11.6 Å². The Balaban J connectivity index is 3.20. The summed E-state index contributed by atoms with van der Waals surface area (Å²) in [7, 11) is -3.48. The number of hydrogen-bond donors (Lipinski definition) is 0. The highest BCUT2D eigenvalue weighted by atomic mass is 79.9. The van der Waals surface area contributed by atoms with Gasteiger partial charge in [0.25, 0.3) is 0 Å². The molecule has 0 aromatic heterocycles. The molecule has 6 heteroatoms. The van der Waals surface area contributed by atoms with Gasteiger partial charge in [-0.05, 0) is 24.6 Å². The molecule has 0 atom stereocenters. The van der Waals surface area contributed by atoms with Gasteiger partial charge in [0, 0.05) is 17.6 Å². The van der Waals surface area contributed by atoms with Gasteiger partial charge in [-0.1, -0.05) is 41.4 Å². The van der Waals surface area contributed by atoms with E-state index in [0.717, 1.165) is 10.9 Å². The summed E-state index contributed by atoms with van der Waals surface area (Å²) in [5, 5.41) is 0.244. The van der Waals surface area contributed by atoms with Gasteiger partial charge in [0.1, 0.15) is 4.90 Å². The van der Waals surface area contributed by atoms with Gasteiger partial charge in [0.15, 0.2) is 0 Å². The largest absolute Gasteiger partial charge is 0.244 e. The van der Waals surface area contributed by atoms with Crippen LogP contribution in [-0.2, 0) is 10.0 Å². The fourth-order valence-corrected chi connectivity index (χ4v) is 4.07. The standard InChI is InChI=1S/C11H15BrClNO2S/c1-3-7-14(4-2)17(15,16)11-6-5-9(12)8-10(11)13/h5-6,8H,3-4,7H2,1-2H3. The van der Waals surface area contributed by atoms with Crippen LogP contribution in [0.2, 0.25) is 5.02 Å². The predicted molar refractivity (Wildman–Crippen MR) is 73.9 cm³/mol. The minimum absolute atomic E-state index is 0.165. The van der Waals surface area contributed by atoms with Gasteiger partial charge < -0.3 is 0 Å². The molecule has 0 bridgehead atoms. The van der Waals surface area contributed by atoms with Crippen molar-refractivity contribution in [3.63, 3.8) is 0 Å².